The van der Waals surface area contributed by atoms with E-state index in [2.05, 4.69) is 22.4 Å². The zero-order valence-corrected chi connectivity index (χ0v) is 8.73. The Balaban J connectivity index is 1.90. The Morgan fingerprint density at radius 3 is 3.13 bits per heavy atom. The van der Waals surface area contributed by atoms with E-state index >= 15 is 0 Å². The fraction of sp³-hybridized carbons (Fsp3) is 0.417. The molecule has 2 heterocycles. The molecular weight excluding hydrogens is 188 g/mol. The second-order valence-corrected chi connectivity index (χ2v) is 4.16. The van der Waals surface area contributed by atoms with Crippen molar-refractivity contribution < 1.29 is 4.74 Å². The average Bonchev–Trinajstić information content (AvgIpc) is 2.61. The number of rotatable bonds is 2. The molecular formula is C12H14N2O. The summed E-state index contributed by atoms with van der Waals surface area (Å²) >= 11 is 0. The molecule has 0 amide bonds. The molecule has 3 nitrogen and oxygen atoms in total. The highest BCUT2D eigenvalue weighted by atomic mass is 16.5. The Morgan fingerprint density at radius 1 is 1.40 bits per heavy atom. The summed E-state index contributed by atoms with van der Waals surface area (Å²) < 4.78 is 5.18. The van der Waals surface area contributed by atoms with Gasteiger partial charge in [-0.2, -0.15) is 0 Å². The van der Waals surface area contributed by atoms with Gasteiger partial charge in [-0.15, -0.1) is 0 Å². The highest BCUT2D eigenvalue weighted by Crippen LogP contribution is 2.42. The molecule has 1 aliphatic heterocycles. The number of hydrogen-bond donors (Lipinski definition) is 1. The van der Waals surface area contributed by atoms with E-state index < -0.39 is 0 Å². The van der Waals surface area contributed by atoms with Gasteiger partial charge in [-0.3, -0.25) is 4.98 Å². The van der Waals surface area contributed by atoms with Gasteiger partial charge in [0.25, 0.3) is 0 Å². The van der Waals surface area contributed by atoms with E-state index in [-0.39, 0.29) is 0 Å². The first-order valence-corrected chi connectivity index (χ1v) is 5.30. The maximum atomic E-state index is 5.18. The molecule has 0 radical (unpaired) electrons. The molecule has 1 aromatic rings. The Labute approximate surface area is 89.2 Å². The first-order valence-electron chi connectivity index (χ1n) is 5.30. The SMILES string of the molecule is COc1cncc(C2=CC3CNCC23)c1. The van der Waals surface area contributed by atoms with Crippen LogP contribution in [-0.4, -0.2) is 25.2 Å². The molecule has 0 bridgehead atoms. The highest BCUT2D eigenvalue weighted by molar-refractivity contribution is 5.74. The lowest BCUT2D eigenvalue weighted by Gasteiger charge is -2.29. The Morgan fingerprint density at radius 2 is 2.33 bits per heavy atom. The third-order valence-electron chi connectivity index (χ3n) is 3.34. The number of nitrogens with zero attached hydrogens (tertiary/aromatic N) is 1. The van der Waals surface area contributed by atoms with Gasteiger partial charge in [-0.05, 0) is 23.1 Å². The normalized spacial score (nSPS) is 27.9. The van der Waals surface area contributed by atoms with Gasteiger partial charge in [0, 0.05) is 25.2 Å². The van der Waals surface area contributed by atoms with Crippen LogP contribution in [0.1, 0.15) is 5.56 Å². The summed E-state index contributed by atoms with van der Waals surface area (Å²) in [6.45, 7) is 2.24. The molecule has 2 unspecified atom stereocenters. The number of aromatic nitrogens is 1. The third kappa shape index (κ3) is 1.35. The molecule has 1 aliphatic carbocycles. The van der Waals surface area contributed by atoms with Crippen molar-refractivity contribution in [3.63, 3.8) is 0 Å². The van der Waals surface area contributed by atoms with Crippen molar-refractivity contribution in [2.45, 2.75) is 0 Å². The van der Waals surface area contributed by atoms with Crippen LogP contribution in [0.4, 0.5) is 0 Å². The number of ether oxygens (including phenoxy) is 1. The van der Waals surface area contributed by atoms with E-state index in [1.165, 1.54) is 11.1 Å². The molecule has 2 aliphatic rings. The van der Waals surface area contributed by atoms with Crippen LogP contribution in [0, 0.1) is 11.8 Å². The predicted molar refractivity (Wildman–Crippen MR) is 58.6 cm³/mol. The van der Waals surface area contributed by atoms with E-state index in [0.29, 0.717) is 5.92 Å². The van der Waals surface area contributed by atoms with Crippen LogP contribution < -0.4 is 10.1 Å². The summed E-state index contributed by atoms with van der Waals surface area (Å²) in [5.41, 5.74) is 2.63. The first-order chi connectivity index (χ1) is 7.38. The molecule has 3 rings (SSSR count). The van der Waals surface area contributed by atoms with Crippen LogP contribution in [0.2, 0.25) is 0 Å². The molecule has 78 valence electrons. The third-order valence-corrected chi connectivity index (χ3v) is 3.34. The van der Waals surface area contributed by atoms with Crippen LogP contribution in [-0.2, 0) is 0 Å². The van der Waals surface area contributed by atoms with Crippen LogP contribution in [0.3, 0.4) is 0 Å². The predicted octanol–water partition coefficient (Wildman–Crippen LogP) is 1.32. The smallest absolute Gasteiger partial charge is 0.137 e. The largest absolute Gasteiger partial charge is 0.495 e. The molecule has 15 heavy (non-hydrogen) atoms. The lowest BCUT2D eigenvalue weighted by atomic mass is 9.74. The van der Waals surface area contributed by atoms with Gasteiger partial charge in [0.05, 0.1) is 13.3 Å². The molecule has 0 aromatic carbocycles. The Hall–Kier alpha value is -1.35. The molecule has 0 saturated carbocycles. The first kappa shape index (κ1) is 8.92. The van der Waals surface area contributed by atoms with Crippen LogP contribution in [0.15, 0.2) is 24.5 Å². The van der Waals surface area contributed by atoms with Crippen molar-refractivity contribution in [3.8, 4) is 5.75 Å². The van der Waals surface area contributed by atoms with Crippen LogP contribution >= 0.6 is 0 Å². The van der Waals surface area contributed by atoms with Gasteiger partial charge < -0.3 is 10.1 Å². The topological polar surface area (TPSA) is 34.1 Å². The standard InChI is InChI=1S/C12H14N2O/c1-15-10-2-8(4-13-6-10)11-3-9-5-14-7-12(9)11/h2-4,6,9,12,14H,5,7H2,1H3. The summed E-state index contributed by atoms with van der Waals surface area (Å²) in [5.74, 6) is 2.27. The average molecular weight is 202 g/mol. The van der Waals surface area contributed by atoms with Gasteiger partial charge in [0.2, 0.25) is 0 Å². The molecule has 3 heteroatoms. The van der Waals surface area contributed by atoms with Crippen LogP contribution in [0.25, 0.3) is 5.57 Å². The Bertz CT molecular complexity index is 414. The summed E-state index contributed by atoms with van der Waals surface area (Å²) in [4.78, 5) is 4.19. The lowest BCUT2D eigenvalue weighted by molar-refractivity contribution is 0.412. The molecule has 1 fully saturated rings. The van der Waals surface area contributed by atoms with Crippen molar-refractivity contribution >= 4 is 5.57 Å². The number of nitrogens with one attached hydrogen (secondary N) is 1. The number of hydrogen-bond acceptors (Lipinski definition) is 3. The maximum absolute atomic E-state index is 5.18. The minimum atomic E-state index is 0.693. The van der Waals surface area contributed by atoms with Crippen molar-refractivity contribution in [2.75, 3.05) is 20.2 Å². The van der Waals surface area contributed by atoms with Gasteiger partial charge in [-0.25, -0.2) is 0 Å². The maximum Gasteiger partial charge on any atom is 0.137 e. The fourth-order valence-electron chi connectivity index (χ4n) is 2.45. The van der Waals surface area contributed by atoms with Gasteiger partial charge in [0.15, 0.2) is 0 Å². The molecule has 1 N–H and O–H groups in total. The molecule has 0 spiro atoms. The van der Waals surface area contributed by atoms with Gasteiger partial charge in [0.1, 0.15) is 5.75 Å². The van der Waals surface area contributed by atoms with Crippen molar-refractivity contribution in [2.24, 2.45) is 11.8 Å². The highest BCUT2D eigenvalue weighted by Gasteiger charge is 2.36. The molecule has 2 atom stereocenters. The van der Waals surface area contributed by atoms with Gasteiger partial charge >= 0.3 is 0 Å². The lowest BCUT2D eigenvalue weighted by Crippen LogP contribution is -2.22. The van der Waals surface area contributed by atoms with Gasteiger partial charge in [-0.1, -0.05) is 6.08 Å². The number of fused-ring (bicyclic) bond motifs is 1. The van der Waals surface area contributed by atoms with E-state index in [0.717, 1.165) is 24.8 Å². The van der Waals surface area contributed by atoms with E-state index in [4.69, 9.17) is 4.74 Å². The van der Waals surface area contributed by atoms with Crippen molar-refractivity contribution in [1.82, 2.24) is 10.3 Å². The number of pyridine rings is 1. The minimum Gasteiger partial charge on any atom is -0.495 e. The second-order valence-electron chi connectivity index (χ2n) is 4.16. The molecule has 1 aromatic heterocycles. The zero-order valence-electron chi connectivity index (χ0n) is 8.73. The minimum absolute atomic E-state index is 0.693. The monoisotopic (exact) mass is 202 g/mol. The quantitative estimate of drug-likeness (QED) is 0.785. The number of methoxy groups -OCH3 is 1. The molecule has 1 saturated heterocycles. The van der Waals surface area contributed by atoms with Crippen LogP contribution in [0.5, 0.6) is 5.75 Å². The Kier molecular flexibility index (Phi) is 1.99. The zero-order chi connectivity index (χ0) is 10.3. The van der Waals surface area contributed by atoms with Crippen molar-refractivity contribution in [3.05, 3.63) is 30.1 Å². The van der Waals surface area contributed by atoms with E-state index in [1.807, 2.05) is 6.20 Å². The summed E-state index contributed by atoms with van der Waals surface area (Å²) in [6, 6.07) is 2.06. The summed E-state index contributed by atoms with van der Waals surface area (Å²) in [5, 5.41) is 3.41. The summed E-state index contributed by atoms with van der Waals surface area (Å²) in [7, 11) is 1.68. The fourth-order valence-corrected chi connectivity index (χ4v) is 2.45. The van der Waals surface area contributed by atoms with E-state index in [9.17, 15) is 0 Å². The second kappa shape index (κ2) is 3.35. The summed E-state index contributed by atoms with van der Waals surface area (Å²) in [6.07, 6.45) is 6.01. The van der Waals surface area contributed by atoms with E-state index in [1.54, 1.807) is 13.3 Å². The van der Waals surface area contributed by atoms with Crippen molar-refractivity contribution in [1.29, 1.82) is 0 Å².